The Balaban J connectivity index is 1.81. The van der Waals surface area contributed by atoms with Gasteiger partial charge in [0, 0.05) is 19.2 Å². The van der Waals surface area contributed by atoms with E-state index in [0.717, 1.165) is 11.1 Å². The number of hydrogen-bond donors (Lipinski definition) is 1. The number of carbonyl (C=O) groups excluding carboxylic acids is 2. The lowest BCUT2D eigenvalue weighted by Gasteiger charge is -2.25. The van der Waals surface area contributed by atoms with Crippen molar-refractivity contribution < 1.29 is 28.9 Å². The number of benzene rings is 2. The Kier molecular flexibility index (Phi) is 6.19. The zero-order valence-electron chi connectivity index (χ0n) is 18.5. The molecule has 0 aliphatic carbocycles. The van der Waals surface area contributed by atoms with E-state index in [1.165, 1.54) is 12.0 Å². The highest BCUT2D eigenvalue weighted by atomic mass is 16.6. The van der Waals surface area contributed by atoms with Gasteiger partial charge in [-0.05, 0) is 35.2 Å². The number of hydrogen-bond acceptors (Lipinski definition) is 6. The zero-order chi connectivity index (χ0) is 22.8. The normalized spacial score (nSPS) is 19.6. The summed E-state index contributed by atoms with van der Waals surface area (Å²) < 4.78 is 16.3. The molecule has 1 atom stereocenters. The Labute approximate surface area is 187 Å². The fourth-order valence-electron chi connectivity index (χ4n) is 4.06. The van der Waals surface area contributed by atoms with Crippen LogP contribution < -0.4 is 9.47 Å². The highest BCUT2D eigenvalue weighted by Gasteiger charge is 2.46. The first-order chi connectivity index (χ1) is 15.4. The molecule has 0 bridgehead atoms. The number of carbonyl (C=O) groups is 2. The first-order valence-electron chi connectivity index (χ1n) is 10.7. The van der Waals surface area contributed by atoms with Crippen molar-refractivity contribution in [1.29, 1.82) is 0 Å². The summed E-state index contributed by atoms with van der Waals surface area (Å²) in [5, 5.41) is 11.2. The molecule has 168 valence electrons. The van der Waals surface area contributed by atoms with E-state index in [4.69, 9.17) is 14.2 Å². The van der Waals surface area contributed by atoms with Crippen molar-refractivity contribution in [2.24, 2.45) is 0 Å². The van der Waals surface area contributed by atoms with Crippen molar-refractivity contribution >= 4 is 17.4 Å². The summed E-state index contributed by atoms with van der Waals surface area (Å²) in [6, 6.07) is 12.1. The number of methoxy groups -OCH3 is 1. The van der Waals surface area contributed by atoms with E-state index in [-0.39, 0.29) is 24.5 Å². The van der Waals surface area contributed by atoms with Crippen LogP contribution in [0.2, 0.25) is 0 Å². The fraction of sp³-hybridized carbons (Fsp3) is 0.360. The third-order valence-electron chi connectivity index (χ3n) is 5.81. The monoisotopic (exact) mass is 437 g/mol. The summed E-state index contributed by atoms with van der Waals surface area (Å²) in [4.78, 5) is 27.4. The third-order valence-corrected chi connectivity index (χ3v) is 5.81. The smallest absolute Gasteiger partial charge is 0.295 e. The lowest BCUT2D eigenvalue weighted by molar-refractivity contribution is -0.140. The van der Waals surface area contributed by atoms with E-state index in [1.54, 1.807) is 18.2 Å². The molecule has 2 aliphatic heterocycles. The maximum atomic E-state index is 13.0. The van der Waals surface area contributed by atoms with Crippen LogP contribution in [0.4, 0.5) is 0 Å². The number of nitrogens with zero attached hydrogens (tertiary/aromatic N) is 1. The van der Waals surface area contributed by atoms with E-state index < -0.39 is 17.7 Å². The van der Waals surface area contributed by atoms with Gasteiger partial charge in [-0.1, -0.05) is 38.1 Å². The van der Waals surface area contributed by atoms with E-state index >= 15 is 0 Å². The lowest BCUT2D eigenvalue weighted by atomic mass is 9.93. The molecule has 4 rings (SSSR count). The van der Waals surface area contributed by atoms with E-state index in [1.807, 2.05) is 24.3 Å². The van der Waals surface area contributed by atoms with Crippen LogP contribution in [0.3, 0.4) is 0 Å². The quantitative estimate of drug-likeness (QED) is 0.422. The highest BCUT2D eigenvalue weighted by Crippen LogP contribution is 2.41. The number of aliphatic hydroxyl groups is 1. The van der Waals surface area contributed by atoms with Gasteiger partial charge in [-0.15, -0.1) is 0 Å². The summed E-state index contributed by atoms with van der Waals surface area (Å²) >= 11 is 0. The Morgan fingerprint density at radius 1 is 1.09 bits per heavy atom. The molecule has 2 aromatic rings. The molecular weight excluding hydrogens is 410 g/mol. The van der Waals surface area contributed by atoms with E-state index in [0.29, 0.717) is 36.2 Å². The predicted octanol–water partition coefficient (Wildman–Crippen LogP) is 3.65. The molecule has 7 nitrogen and oxygen atoms in total. The SMILES string of the molecule is COCCN1C(=O)C(=O)/C(=C(/O)c2ccc3c(c2)OCCO3)[C@H]1c1ccc(C(C)C)cc1. The van der Waals surface area contributed by atoms with Crippen LogP contribution in [0, 0.1) is 0 Å². The van der Waals surface area contributed by atoms with Crippen molar-refractivity contribution in [3.05, 3.63) is 64.7 Å². The molecule has 0 radical (unpaired) electrons. The maximum absolute atomic E-state index is 13.0. The number of Topliss-reactive ketones (excluding diaryl/α,β-unsaturated/α-hetero) is 1. The molecule has 2 aromatic carbocycles. The van der Waals surface area contributed by atoms with Crippen molar-refractivity contribution in [2.75, 3.05) is 33.5 Å². The molecule has 32 heavy (non-hydrogen) atoms. The molecule has 0 saturated carbocycles. The molecular formula is C25H27NO6. The van der Waals surface area contributed by atoms with Crippen LogP contribution in [0.25, 0.3) is 5.76 Å². The van der Waals surface area contributed by atoms with Gasteiger partial charge in [0.1, 0.15) is 19.0 Å². The van der Waals surface area contributed by atoms with Crippen molar-refractivity contribution in [2.45, 2.75) is 25.8 Å². The van der Waals surface area contributed by atoms with Gasteiger partial charge in [-0.25, -0.2) is 0 Å². The van der Waals surface area contributed by atoms with Gasteiger partial charge in [0.15, 0.2) is 11.5 Å². The zero-order valence-corrected chi connectivity index (χ0v) is 18.5. The Hall–Kier alpha value is -3.32. The van der Waals surface area contributed by atoms with Crippen LogP contribution in [-0.4, -0.2) is 55.2 Å². The molecule has 1 fully saturated rings. The van der Waals surface area contributed by atoms with Crippen LogP contribution in [0.1, 0.15) is 42.5 Å². The summed E-state index contributed by atoms with van der Waals surface area (Å²) in [5.74, 6) is -0.189. The highest BCUT2D eigenvalue weighted by molar-refractivity contribution is 6.46. The van der Waals surface area contributed by atoms with Gasteiger partial charge < -0.3 is 24.2 Å². The third kappa shape index (κ3) is 3.96. The molecule has 1 amide bonds. The molecule has 0 spiro atoms. The Morgan fingerprint density at radius 2 is 1.78 bits per heavy atom. The number of ether oxygens (including phenoxy) is 3. The lowest BCUT2D eigenvalue weighted by Crippen LogP contribution is -2.32. The standard InChI is InChI=1S/C25H27NO6/c1-15(2)16-4-6-17(7-5-16)22-21(24(28)25(29)26(22)10-11-30-3)23(27)18-8-9-19-20(14-18)32-13-12-31-19/h4-9,14-15,22,27H,10-13H2,1-3H3/b23-21+/t22-/m1/s1. The minimum atomic E-state index is -0.716. The minimum absolute atomic E-state index is 0.0556. The van der Waals surface area contributed by atoms with Gasteiger partial charge >= 0.3 is 0 Å². The number of fused-ring (bicyclic) bond motifs is 1. The number of ketones is 1. The maximum Gasteiger partial charge on any atom is 0.295 e. The minimum Gasteiger partial charge on any atom is -0.507 e. The largest absolute Gasteiger partial charge is 0.507 e. The predicted molar refractivity (Wildman–Crippen MR) is 119 cm³/mol. The summed E-state index contributed by atoms with van der Waals surface area (Å²) in [7, 11) is 1.54. The van der Waals surface area contributed by atoms with E-state index in [9.17, 15) is 14.7 Å². The molecule has 7 heteroatoms. The van der Waals surface area contributed by atoms with Crippen LogP contribution in [-0.2, 0) is 14.3 Å². The Morgan fingerprint density at radius 3 is 2.44 bits per heavy atom. The van der Waals surface area contributed by atoms with Gasteiger partial charge in [0.25, 0.3) is 11.7 Å². The van der Waals surface area contributed by atoms with Crippen LogP contribution in [0.15, 0.2) is 48.0 Å². The van der Waals surface area contributed by atoms with Crippen molar-refractivity contribution in [1.82, 2.24) is 4.90 Å². The number of rotatable bonds is 6. The fourth-order valence-corrected chi connectivity index (χ4v) is 4.06. The van der Waals surface area contributed by atoms with Crippen LogP contribution in [0.5, 0.6) is 11.5 Å². The van der Waals surface area contributed by atoms with Gasteiger partial charge in [-0.3, -0.25) is 9.59 Å². The second-order valence-corrected chi connectivity index (χ2v) is 8.17. The second kappa shape index (κ2) is 9.04. The van der Waals surface area contributed by atoms with Gasteiger partial charge in [0.05, 0.1) is 18.2 Å². The number of aliphatic hydroxyl groups excluding tert-OH is 1. The molecule has 0 unspecified atom stereocenters. The first-order valence-corrected chi connectivity index (χ1v) is 10.7. The average molecular weight is 437 g/mol. The van der Waals surface area contributed by atoms with Gasteiger partial charge in [-0.2, -0.15) is 0 Å². The van der Waals surface area contributed by atoms with Crippen LogP contribution >= 0.6 is 0 Å². The summed E-state index contributed by atoms with van der Waals surface area (Å²) in [5.41, 5.74) is 2.35. The molecule has 2 aliphatic rings. The Bertz CT molecular complexity index is 1060. The number of likely N-dealkylation sites (tertiary alicyclic amines) is 1. The first kappa shape index (κ1) is 21.9. The molecule has 2 heterocycles. The van der Waals surface area contributed by atoms with Crippen molar-refractivity contribution in [3.8, 4) is 11.5 Å². The number of amides is 1. The second-order valence-electron chi connectivity index (χ2n) is 8.17. The summed E-state index contributed by atoms with van der Waals surface area (Å²) in [6.07, 6.45) is 0. The molecule has 1 N–H and O–H groups in total. The average Bonchev–Trinajstić information content (AvgIpc) is 3.06. The molecule has 0 aromatic heterocycles. The van der Waals surface area contributed by atoms with Crippen molar-refractivity contribution in [3.63, 3.8) is 0 Å². The van der Waals surface area contributed by atoms with Gasteiger partial charge in [0.2, 0.25) is 0 Å². The molecule has 1 saturated heterocycles. The summed E-state index contributed by atoms with van der Waals surface area (Å²) in [6.45, 7) is 5.56. The topological polar surface area (TPSA) is 85.3 Å². The van der Waals surface area contributed by atoms with E-state index in [2.05, 4.69) is 13.8 Å².